The van der Waals surface area contributed by atoms with Gasteiger partial charge in [0.25, 0.3) is 0 Å². The lowest BCUT2D eigenvalue weighted by Gasteiger charge is -2.23. The minimum absolute atomic E-state index is 0.0331. The SMILES string of the molecule is CCCCCCCCCCCCCC(=O)OC(COCCN(CCNC(=O)CC)C(=O)CC)COC(C)=O. The average molecular weight is 543 g/mol. The summed E-state index contributed by atoms with van der Waals surface area (Å²) in [7, 11) is 0. The number of rotatable bonds is 25. The van der Waals surface area contributed by atoms with Crippen molar-refractivity contribution in [2.24, 2.45) is 0 Å². The zero-order valence-electron chi connectivity index (χ0n) is 24.5. The number of nitrogens with one attached hydrogen (secondary N) is 1. The van der Waals surface area contributed by atoms with Crippen LogP contribution in [0.15, 0.2) is 0 Å². The minimum atomic E-state index is -0.696. The number of hydrogen-bond acceptors (Lipinski definition) is 7. The Morgan fingerprint density at radius 3 is 1.92 bits per heavy atom. The smallest absolute Gasteiger partial charge is 0.306 e. The number of unbranched alkanes of at least 4 members (excludes halogenated alkanes) is 10. The second-order valence-corrected chi connectivity index (χ2v) is 9.71. The molecule has 0 bridgehead atoms. The lowest BCUT2D eigenvalue weighted by atomic mass is 10.1. The van der Waals surface area contributed by atoms with E-state index in [-0.39, 0.29) is 37.6 Å². The summed E-state index contributed by atoms with van der Waals surface area (Å²) in [6, 6.07) is 0. The van der Waals surface area contributed by atoms with Gasteiger partial charge in [0.15, 0.2) is 6.10 Å². The van der Waals surface area contributed by atoms with Gasteiger partial charge in [-0.25, -0.2) is 0 Å². The van der Waals surface area contributed by atoms with Crippen LogP contribution >= 0.6 is 0 Å². The monoisotopic (exact) mass is 542 g/mol. The van der Waals surface area contributed by atoms with Gasteiger partial charge >= 0.3 is 11.9 Å². The first-order chi connectivity index (χ1) is 18.3. The Labute approximate surface area is 230 Å². The quantitative estimate of drug-likeness (QED) is 0.128. The molecule has 2 amide bonds. The van der Waals surface area contributed by atoms with Crippen LogP contribution in [0, 0.1) is 0 Å². The molecule has 0 aromatic carbocycles. The highest BCUT2D eigenvalue weighted by molar-refractivity contribution is 5.76. The molecular weight excluding hydrogens is 488 g/mol. The molecule has 38 heavy (non-hydrogen) atoms. The maximum absolute atomic E-state index is 12.3. The molecule has 0 aliphatic heterocycles. The van der Waals surface area contributed by atoms with Crippen LogP contribution in [0.4, 0.5) is 0 Å². The summed E-state index contributed by atoms with van der Waals surface area (Å²) in [5, 5.41) is 2.76. The first-order valence-electron chi connectivity index (χ1n) is 14.8. The van der Waals surface area contributed by atoms with Crippen LogP contribution in [0.2, 0.25) is 0 Å². The Morgan fingerprint density at radius 1 is 0.763 bits per heavy atom. The Kier molecular flexibility index (Phi) is 23.7. The molecule has 0 saturated carbocycles. The normalized spacial score (nSPS) is 11.6. The third-order valence-corrected chi connectivity index (χ3v) is 6.24. The predicted molar refractivity (Wildman–Crippen MR) is 149 cm³/mol. The van der Waals surface area contributed by atoms with E-state index in [9.17, 15) is 19.2 Å². The number of nitrogens with zero attached hydrogens (tertiary/aromatic N) is 1. The molecule has 0 radical (unpaired) electrons. The van der Waals surface area contributed by atoms with Crippen LogP contribution in [-0.2, 0) is 33.4 Å². The van der Waals surface area contributed by atoms with E-state index < -0.39 is 12.1 Å². The Morgan fingerprint density at radius 2 is 1.37 bits per heavy atom. The number of carbonyl (C=O) groups is 4. The van der Waals surface area contributed by atoms with Gasteiger partial charge in [-0.3, -0.25) is 19.2 Å². The van der Waals surface area contributed by atoms with Gasteiger partial charge in [0, 0.05) is 45.8 Å². The molecule has 0 heterocycles. The van der Waals surface area contributed by atoms with E-state index in [0.717, 1.165) is 19.3 Å². The van der Waals surface area contributed by atoms with E-state index in [0.29, 0.717) is 38.9 Å². The van der Waals surface area contributed by atoms with Crippen molar-refractivity contribution in [3.8, 4) is 0 Å². The van der Waals surface area contributed by atoms with Gasteiger partial charge in [0.2, 0.25) is 11.8 Å². The van der Waals surface area contributed by atoms with Gasteiger partial charge in [-0.1, -0.05) is 85.0 Å². The van der Waals surface area contributed by atoms with E-state index in [1.54, 1.807) is 18.7 Å². The van der Waals surface area contributed by atoms with Crippen molar-refractivity contribution in [1.29, 1.82) is 0 Å². The van der Waals surface area contributed by atoms with Crippen molar-refractivity contribution in [3.63, 3.8) is 0 Å². The van der Waals surface area contributed by atoms with Gasteiger partial charge in [-0.15, -0.1) is 0 Å². The number of carbonyl (C=O) groups excluding carboxylic acids is 4. The molecule has 1 unspecified atom stereocenters. The molecule has 0 fully saturated rings. The molecule has 0 aliphatic rings. The van der Waals surface area contributed by atoms with E-state index in [2.05, 4.69) is 12.2 Å². The number of ether oxygens (including phenoxy) is 3. The summed E-state index contributed by atoms with van der Waals surface area (Å²) in [6.45, 7) is 8.45. The maximum atomic E-state index is 12.3. The minimum Gasteiger partial charge on any atom is -0.462 e. The third-order valence-electron chi connectivity index (χ3n) is 6.24. The maximum Gasteiger partial charge on any atom is 0.306 e. The topological polar surface area (TPSA) is 111 Å². The van der Waals surface area contributed by atoms with E-state index in [1.165, 1.54) is 58.3 Å². The average Bonchev–Trinajstić information content (AvgIpc) is 2.90. The third kappa shape index (κ3) is 21.9. The lowest BCUT2D eigenvalue weighted by Crippen LogP contribution is -2.40. The molecule has 1 atom stereocenters. The van der Waals surface area contributed by atoms with Crippen LogP contribution in [0.1, 0.15) is 118 Å². The van der Waals surface area contributed by atoms with Crippen molar-refractivity contribution < 1.29 is 33.4 Å². The van der Waals surface area contributed by atoms with Crippen LogP contribution in [0.25, 0.3) is 0 Å². The highest BCUT2D eigenvalue weighted by Crippen LogP contribution is 2.12. The molecule has 9 heteroatoms. The van der Waals surface area contributed by atoms with Gasteiger partial charge in [-0.2, -0.15) is 0 Å². The number of esters is 2. The molecule has 0 aliphatic carbocycles. The predicted octanol–water partition coefficient (Wildman–Crippen LogP) is 4.94. The molecule has 0 rings (SSSR count). The second kappa shape index (κ2) is 25.1. The fourth-order valence-electron chi connectivity index (χ4n) is 3.93. The van der Waals surface area contributed by atoms with E-state index in [4.69, 9.17) is 14.2 Å². The summed E-state index contributed by atoms with van der Waals surface area (Å²) < 4.78 is 16.2. The zero-order valence-corrected chi connectivity index (χ0v) is 24.5. The van der Waals surface area contributed by atoms with Gasteiger partial charge in [0.1, 0.15) is 6.61 Å². The highest BCUT2D eigenvalue weighted by Gasteiger charge is 2.18. The van der Waals surface area contributed by atoms with Crippen LogP contribution < -0.4 is 5.32 Å². The standard InChI is InChI=1S/C29H54N2O7/c1-5-8-9-10-11-12-13-14-15-16-17-18-29(35)38-26(24-37-25(4)32)23-36-22-21-31(28(34)7-3)20-19-30-27(33)6-2/h26H,5-24H2,1-4H3,(H,30,33). The number of hydrogen-bond donors (Lipinski definition) is 1. The Balaban J connectivity index is 4.25. The van der Waals surface area contributed by atoms with Crippen LogP contribution in [0.5, 0.6) is 0 Å². The molecule has 0 aromatic heterocycles. The van der Waals surface area contributed by atoms with Crippen molar-refractivity contribution in [2.75, 3.05) is 39.5 Å². The molecule has 222 valence electrons. The zero-order chi connectivity index (χ0) is 28.4. The summed E-state index contributed by atoms with van der Waals surface area (Å²) in [5.74, 6) is -0.871. The second-order valence-electron chi connectivity index (χ2n) is 9.71. The molecule has 0 spiro atoms. The van der Waals surface area contributed by atoms with E-state index >= 15 is 0 Å². The fraction of sp³-hybridized carbons (Fsp3) is 0.862. The lowest BCUT2D eigenvalue weighted by molar-refractivity contribution is -0.162. The molecule has 0 aromatic rings. The van der Waals surface area contributed by atoms with Crippen molar-refractivity contribution in [2.45, 2.75) is 124 Å². The molecule has 0 saturated heterocycles. The number of amides is 2. The molecular formula is C29H54N2O7. The summed E-state index contributed by atoms with van der Waals surface area (Å²) in [4.78, 5) is 48.8. The largest absolute Gasteiger partial charge is 0.462 e. The summed E-state index contributed by atoms with van der Waals surface area (Å²) in [6.07, 6.45) is 13.7. The Hall–Kier alpha value is -2.16. The summed E-state index contributed by atoms with van der Waals surface area (Å²) in [5.41, 5.74) is 0. The first kappa shape index (κ1) is 35.8. The van der Waals surface area contributed by atoms with Crippen LogP contribution in [0.3, 0.4) is 0 Å². The first-order valence-corrected chi connectivity index (χ1v) is 14.8. The Bertz CT molecular complexity index is 642. The molecule has 9 nitrogen and oxygen atoms in total. The van der Waals surface area contributed by atoms with E-state index in [1.807, 2.05) is 0 Å². The van der Waals surface area contributed by atoms with Crippen molar-refractivity contribution in [1.82, 2.24) is 10.2 Å². The van der Waals surface area contributed by atoms with Crippen LogP contribution in [-0.4, -0.2) is 74.2 Å². The van der Waals surface area contributed by atoms with Gasteiger partial charge in [0.05, 0.1) is 13.2 Å². The van der Waals surface area contributed by atoms with Crippen molar-refractivity contribution in [3.05, 3.63) is 0 Å². The highest BCUT2D eigenvalue weighted by atomic mass is 16.6. The van der Waals surface area contributed by atoms with Gasteiger partial charge in [-0.05, 0) is 6.42 Å². The van der Waals surface area contributed by atoms with Crippen molar-refractivity contribution >= 4 is 23.8 Å². The van der Waals surface area contributed by atoms with Gasteiger partial charge < -0.3 is 24.4 Å². The summed E-state index contributed by atoms with van der Waals surface area (Å²) >= 11 is 0. The fourth-order valence-corrected chi connectivity index (χ4v) is 3.93. The molecule has 1 N–H and O–H groups in total.